The Kier molecular flexibility index (Phi) is 7.69. The summed E-state index contributed by atoms with van der Waals surface area (Å²) >= 11 is 3.26. The molecule has 3 aromatic rings. The lowest BCUT2D eigenvalue weighted by Gasteiger charge is -2.26. The maximum atomic E-state index is 14.2. The van der Waals surface area contributed by atoms with Gasteiger partial charge in [0.05, 0.1) is 18.3 Å². The van der Waals surface area contributed by atoms with Crippen molar-refractivity contribution in [3.05, 3.63) is 46.9 Å². The molecule has 4 rings (SSSR count). The van der Waals surface area contributed by atoms with Crippen LogP contribution in [0.1, 0.15) is 19.3 Å². The lowest BCUT2D eigenvalue weighted by atomic mass is 10.1. The van der Waals surface area contributed by atoms with E-state index in [0.29, 0.717) is 39.7 Å². The minimum Gasteiger partial charge on any atom is -0.493 e. The summed E-state index contributed by atoms with van der Waals surface area (Å²) in [4.78, 5) is 10.9. The van der Waals surface area contributed by atoms with Gasteiger partial charge in [-0.1, -0.05) is 22.4 Å². The standard InChI is InChI=1S/C21H22BrFN4O2.ClH/c1-28-19-10-15-18(11-20(19)29-13-27-7-3-2-4-8-27)24-12-25-21(15)26-17-6-5-14(22)9-16(17)23;/h5-6,9-12H,2-4,7-8,13H2,1H3,(H,24,25,26);1H. The third kappa shape index (κ3) is 5.11. The molecule has 0 atom stereocenters. The van der Waals surface area contributed by atoms with Crippen molar-refractivity contribution in [3.8, 4) is 11.5 Å². The number of anilines is 2. The number of fused-ring (bicyclic) bond motifs is 1. The summed E-state index contributed by atoms with van der Waals surface area (Å²) in [5.74, 6) is 1.34. The first kappa shape index (κ1) is 22.5. The Balaban J connectivity index is 0.00000256. The van der Waals surface area contributed by atoms with Crippen molar-refractivity contribution in [1.82, 2.24) is 14.9 Å². The van der Waals surface area contributed by atoms with Gasteiger partial charge in [-0.15, -0.1) is 12.4 Å². The maximum Gasteiger partial charge on any atom is 0.165 e. The Hall–Kier alpha value is -2.16. The molecule has 9 heteroatoms. The van der Waals surface area contributed by atoms with Crippen molar-refractivity contribution < 1.29 is 13.9 Å². The number of hydrogen-bond acceptors (Lipinski definition) is 6. The zero-order valence-electron chi connectivity index (χ0n) is 16.5. The molecule has 0 aliphatic carbocycles. The summed E-state index contributed by atoms with van der Waals surface area (Å²) in [6.45, 7) is 2.61. The predicted octanol–water partition coefficient (Wildman–Crippen LogP) is 5.53. The van der Waals surface area contributed by atoms with Crippen LogP contribution in [-0.4, -0.2) is 41.8 Å². The summed E-state index contributed by atoms with van der Waals surface area (Å²) in [5, 5.41) is 3.76. The zero-order valence-corrected chi connectivity index (χ0v) is 18.9. The van der Waals surface area contributed by atoms with Crippen molar-refractivity contribution in [1.29, 1.82) is 0 Å². The number of benzene rings is 2. The molecule has 2 heterocycles. The molecule has 1 aromatic heterocycles. The molecule has 30 heavy (non-hydrogen) atoms. The first-order chi connectivity index (χ1) is 14.1. The van der Waals surface area contributed by atoms with Crippen LogP contribution in [0.2, 0.25) is 0 Å². The topological polar surface area (TPSA) is 59.5 Å². The van der Waals surface area contributed by atoms with E-state index < -0.39 is 0 Å². The van der Waals surface area contributed by atoms with Crippen LogP contribution in [-0.2, 0) is 0 Å². The number of piperidine rings is 1. The second-order valence-electron chi connectivity index (χ2n) is 6.94. The fourth-order valence-corrected chi connectivity index (χ4v) is 3.74. The number of hydrogen-bond donors (Lipinski definition) is 1. The minimum atomic E-state index is -0.375. The average molecular weight is 498 g/mol. The maximum absolute atomic E-state index is 14.2. The molecule has 0 amide bonds. The Bertz CT molecular complexity index is 1020. The molecule has 0 saturated carbocycles. The van der Waals surface area contributed by atoms with E-state index in [9.17, 15) is 4.39 Å². The lowest BCUT2D eigenvalue weighted by Crippen LogP contribution is -2.33. The Morgan fingerprint density at radius 2 is 1.90 bits per heavy atom. The van der Waals surface area contributed by atoms with Crippen molar-refractivity contribution in [3.63, 3.8) is 0 Å². The molecule has 0 unspecified atom stereocenters. The Morgan fingerprint density at radius 3 is 2.63 bits per heavy atom. The highest BCUT2D eigenvalue weighted by atomic mass is 79.9. The van der Waals surface area contributed by atoms with Gasteiger partial charge in [0.1, 0.15) is 24.7 Å². The zero-order chi connectivity index (χ0) is 20.2. The number of nitrogens with zero attached hydrogens (tertiary/aromatic N) is 3. The van der Waals surface area contributed by atoms with Crippen LogP contribution in [0.5, 0.6) is 11.5 Å². The Labute approximate surface area is 189 Å². The number of aromatic nitrogens is 2. The number of halogens is 3. The van der Waals surface area contributed by atoms with Gasteiger partial charge < -0.3 is 14.8 Å². The van der Waals surface area contributed by atoms with E-state index >= 15 is 0 Å². The number of nitrogens with one attached hydrogen (secondary N) is 1. The smallest absolute Gasteiger partial charge is 0.165 e. The molecule has 6 nitrogen and oxygen atoms in total. The third-order valence-corrected chi connectivity index (χ3v) is 5.45. The van der Waals surface area contributed by atoms with Crippen molar-refractivity contribution >= 4 is 50.7 Å². The SMILES string of the molecule is COc1cc2c(Nc3ccc(Br)cc3F)ncnc2cc1OCN1CCCCC1.Cl. The fraction of sp³-hybridized carbons (Fsp3) is 0.333. The van der Waals surface area contributed by atoms with Crippen LogP contribution in [0.4, 0.5) is 15.9 Å². The van der Waals surface area contributed by atoms with Gasteiger partial charge in [0.15, 0.2) is 11.5 Å². The summed E-state index contributed by atoms with van der Waals surface area (Å²) in [7, 11) is 1.60. The molecule has 1 fully saturated rings. The van der Waals surface area contributed by atoms with Gasteiger partial charge in [-0.05, 0) is 37.1 Å². The van der Waals surface area contributed by atoms with Gasteiger partial charge in [0.25, 0.3) is 0 Å². The molecule has 0 bridgehead atoms. The Morgan fingerprint density at radius 1 is 1.10 bits per heavy atom. The van der Waals surface area contributed by atoms with E-state index in [1.165, 1.54) is 31.7 Å². The molecule has 1 aliphatic heterocycles. The van der Waals surface area contributed by atoms with E-state index in [1.54, 1.807) is 19.2 Å². The normalized spacial score (nSPS) is 14.2. The fourth-order valence-electron chi connectivity index (χ4n) is 3.40. The highest BCUT2D eigenvalue weighted by Gasteiger charge is 2.15. The van der Waals surface area contributed by atoms with E-state index in [1.807, 2.05) is 12.1 Å². The monoisotopic (exact) mass is 496 g/mol. The van der Waals surface area contributed by atoms with Crippen LogP contribution < -0.4 is 14.8 Å². The van der Waals surface area contributed by atoms with E-state index in [4.69, 9.17) is 9.47 Å². The van der Waals surface area contributed by atoms with Crippen LogP contribution in [0.15, 0.2) is 41.1 Å². The number of likely N-dealkylation sites (tertiary alicyclic amines) is 1. The largest absolute Gasteiger partial charge is 0.493 e. The number of rotatable bonds is 6. The summed E-state index contributed by atoms with van der Waals surface area (Å²) in [5.41, 5.74) is 1.02. The van der Waals surface area contributed by atoms with Gasteiger partial charge >= 0.3 is 0 Å². The molecule has 1 N–H and O–H groups in total. The molecule has 1 saturated heterocycles. The van der Waals surface area contributed by atoms with Crippen molar-refractivity contribution in [2.75, 3.05) is 32.2 Å². The predicted molar refractivity (Wildman–Crippen MR) is 122 cm³/mol. The summed E-state index contributed by atoms with van der Waals surface area (Å²) in [6, 6.07) is 8.48. The van der Waals surface area contributed by atoms with Gasteiger partial charge in [-0.3, -0.25) is 4.90 Å². The van der Waals surface area contributed by atoms with Crippen LogP contribution in [0.25, 0.3) is 10.9 Å². The second kappa shape index (κ2) is 10.2. The van der Waals surface area contributed by atoms with Crippen LogP contribution in [0, 0.1) is 5.82 Å². The van der Waals surface area contributed by atoms with Crippen molar-refractivity contribution in [2.24, 2.45) is 0 Å². The first-order valence-electron chi connectivity index (χ1n) is 9.54. The third-order valence-electron chi connectivity index (χ3n) is 4.96. The average Bonchev–Trinajstić information content (AvgIpc) is 2.74. The summed E-state index contributed by atoms with van der Waals surface area (Å²) < 4.78 is 26.5. The molecular formula is C21H23BrClFN4O2. The molecule has 2 aromatic carbocycles. The highest BCUT2D eigenvalue weighted by molar-refractivity contribution is 9.10. The van der Waals surface area contributed by atoms with Crippen molar-refractivity contribution in [2.45, 2.75) is 19.3 Å². The lowest BCUT2D eigenvalue weighted by molar-refractivity contribution is 0.104. The van der Waals surface area contributed by atoms with Gasteiger partial charge in [0.2, 0.25) is 0 Å². The molecule has 0 radical (unpaired) electrons. The number of ether oxygens (including phenoxy) is 2. The van der Waals surface area contributed by atoms with Crippen LogP contribution in [0.3, 0.4) is 0 Å². The molecule has 1 aliphatic rings. The molecule has 160 valence electrons. The minimum absolute atomic E-state index is 0. The quantitative estimate of drug-likeness (QED) is 0.483. The van der Waals surface area contributed by atoms with Gasteiger partial charge in [0, 0.05) is 29.0 Å². The number of methoxy groups -OCH3 is 1. The van der Waals surface area contributed by atoms with Gasteiger partial charge in [-0.2, -0.15) is 0 Å². The van der Waals surface area contributed by atoms with Gasteiger partial charge in [-0.25, -0.2) is 14.4 Å². The second-order valence-corrected chi connectivity index (χ2v) is 7.86. The molecule has 0 spiro atoms. The first-order valence-corrected chi connectivity index (χ1v) is 10.3. The van der Waals surface area contributed by atoms with E-state index in [2.05, 4.69) is 36.1 Å². The summed E-state index contributed by atoms with van der Waals surface area (Å²) in [6.07, 6.45) is 5.13. The highest BCUT2D eigenvalue weighted by Crippen LogP contribution is 2.35. The van der Waals surface area contributed by atoms with Crippen LogP contribution >= 0.6 is 28.3 Å². The van der Waals surface area contributed by atoms with E-state index in [-0.39, 0.29) is 18.2 Å². The molecular weight excluding hydrogens is 475 g/mol. The van der Waals surface area contributed by atoms with E-state index in [0.717, 1.165) is 18.5 Å².